The van der Waals surface area contributed by atoms with Gasteiger partial charge < -0.3 is 10.2 Å². The monoisotopic (exact) mass is 334 g/mol. The van der Waals surface area contributed by atoms with E-state index in [1.54, 1.807) is 0 Å². The molecular weight excluding hydrogens is 312 g/mol. The van der Waals surface area contributed by atoms with Gasteiger partial charge in [-0.15, -0.1) is 0 Å². The molecule has 1 aromatic rings. The van der Waals surface area contributed by atoms with Gasteiger partial charge in [-0.1, -0.05) is 28.1 Å². The number of halogens is 1. The highest BCUT2D eigenvalue weighted by Gasteiger charge is 2.38. The molecule has 0 amide bonds. The summed E-state index contributed by atoms with van der Waals surface area (Å²) in [6.07, 6.45) is 5.48. The fraction of sp³-hybridized carbons (Fsp3) is 0.647. The molecule has 3 saturated heterocycles. The molecule has 1 saturated carbocycles. The van der Waals surface area contributed by atoms with Crippen LogP contribution in [0.3, 0.4) is 0 Å². The molecule has 3 heterocycles. The Labute approximate surface area is 130 Å². The molecule has 1 aromatic carbocycles. The first-order valence-electron chi connectivity index (χ1n) is 8.02. The van der Waals surface area contributed by atoms with Crippen LogP contribution in [0.2, 0.25) is 0 Å². The second kappa shape index (κ2) is 5.43. The Balaban J connectivity index is 1.30. The number of rotatable bonds is 3. The molecule has 1 aliphatic carbocycles. The lowest BCUT2D eigenvalue weighted by Gasteiger charge is -2.48. The molecule has 108 valence electrons. The summed E-state index contributed by atoms with van der Waals surface area (Å²) in [6, 6.07) is 10.4. The number of nitrogens with one attached hydrogen (secondary N) is 1. The van der Waals surface area contributed by atoms with Gasteiger partial charge in [0, 0.05) is 23.1 Å². The van der Waals surface area contributed by atoms with Crippen LogP contribution in [0.15, 0.2) is 28.7 Å². The molecule has 0 radical (unpaired) electrons. The quantitative estimate of drug-likeness (QED) is 0.911. The van der Waals surface area contributed by atoms with Crippen molar-refractivity contribution in [2.24, 2.45) is 5.92 Å². The Kier molecular flexibility index (Phi) is 3.61. The smallest absolute Gasteiger partial charge is 0.0226 e. The van der Waals surface area contributed by atoms with Crippen LogP contribution < -0.4 is 5.32 Å². The second-order valence-electron chi connectivity index (χ2n) is 6.83. The summed E-state index contributed by atoms with van der Waals surface area (Å²) in [7, 11) is 0. The van der Waals surface area contributed by atoms with Gasteiger partial charge in [0.1, 0.15) is 0 Å². The van der Waals surface area contributed by atoms with E-state index in [-0.39, 0.29) is 0 Å². The lowest BCUT2D eigenvalue weighted by atomic mass is 9.74. The van der Waals surface area contributed by atoms with Crippen molar-refractivity contribution in [2.45, 2.75) is 43.7 Å². The van der Waals surface area contributed by atoms with Gasteiger partial charge >= 0.3 is 0 Å². The van der Waals surface area contributed by atoms with Crippen LogP contribution in [0.25, 0.3) is 0 Å². The van der Waals surface area contributed by atoms with Crippen molar-refractivity contribution in [3.05, 3.63) is 34.3 Å². The minimum atomic E-state index is 0.759. The Morgan fingerprint density at radius 2 is 1.75 bits per heavy atom. The Hall–Kier alpha value is -0.380. The number of hydrogen-bond acceptors (Lipinski definition) is 2. The van der Waals surface area contributed by atoms with Crippen molar-refractivity contribution < 1.29 is 0 Å². The van der Waals surface area contributed by atoms with Gasteiger partial charge in [0.25, 0.3) is 0 Å². The maximum atomic E-state index is 3.95. The predicted octanol–water partition coefficient (Wildman–Crippen LogP) is 3.38. The van der Waals surface area contributed by atoms with Crippen LogP contribution in [-0.4, -0.2) is 36.6 Å². The number of benzene rings is 1. The molecule has 4 aliphatic rings. The summed E-state index contributed by atoms with van der Waals surface area (Å²) in [6.45, 7) is 3.98. The number of fused-ring (bicyclic) bond motifs is 3. The van der Waals surface area contributed by atoms with Gasteiger partial charge in [-0.2, -0.15) is 0 Å². The van der Waals surface area contributed by atoms with Crippen molar-refractivity contribution >= 4 is 15.9 Å². The van der Waals surface area contributed by atoms with E-state index < -0.39 is 0 Å². The Bertz CT molecular complexity index is 458. The largest absolute Gasteiger partial charge is 0.310 e. The zero-order valence-electron chi connectivity index (χ0n) is 11.9. The van der Waals surface area contributed by atoms with Crippen LogP contribution in [0.5, 0.6) is 0 Å². The molecule has 1 unspecified atom stereocenters. The van der Waals surface area contributed by atoms with Gasteiger partial charge in [0.2, 0.25) is 0 Å². The van der Waals surface area contributed by atoms with Gasteiger partial charge in [-0.05, 0) is 68.3 Å². The summed E-state index contributed by atoms with van der Waals surface area (Å²) in [5, 5.41) is 3.95. The van der Waals surface area contributed by atoms with E-state index in [2.05, 4.69) is 50.4 Å². The molecule has 4 fully saturated rings. The predicted molar refractivity (Wildman–Crippen MR) is 86.0 cm³/mol. The molecule has 0 spiro atoms. The van der Waals surface area contributed by atoms with Crippen LogP contribution in [0.4, 0.5) is 0 Å². The molecule has 0 aromatic heterocycles. The molecule has 2 bridgehead atoms. The Morgan fingerprint density at radius 3 is 2.35 bits per heavy atom. The third-order valence-corrected chi connectivity index (χ3v) is 6.11. The molecule has 2 nitrogen and oxygen atoms in total. The molecule has 1 atom stereocenters. The maximum Gasteiger partial charge on any atom is 0.0226 e. The number of nitrogens with zero attached hydrogens (tertiary/aromatic N) is 1. The summed E-state index contributed by atoms with van der Waals surface area (Å²) in [5.41, 5.74) is 1.51. The van der Waals surface area contributed by atoms with E-state index >= 15 is 0 Å². The maximum absolute atomic E-state index is 3.95. The van der Waals surface area contributed by atoms with Crippen molar-refractivity contribution in [2.75, 3.05) is 19.6 Å². The zero-order valence-corrected chi connectivity index (χ0v) is 13.5. The average molecular weight is 335 g/mol. The van der Waals surface area contributed by atoms with Crippen molar-refractivity contribution in [3.63, 3.8) is 0 Å². The van der Waals surface area contributed by atoms with Crippen LogP contribution in [0.1, 0.15) is 37.2 Å². The standard InChI is InChI=1S/C17H23BrN2/c18-15-3-1-12(2-4-15)14-9-16(10-14)19-17-11-20-7-5-13(17)6-8-20/h1-4,13-14,16-17,19H,5-11H2. The van der Waals surface area contributed by atoms with E-state index in [4.69, 9.17) is 0 Å². The highest BCUT2D eigenvalue weighted by molar-refractivity contribution is 9.10. The minimum absolute atomic E-state index is 0.759. The third kappa shape index (κ3) is 2.56. The summed E-state index contributed by atoms with van der Waals surface area (Å²) < 4.78 is 1.18. The third-order valence-electron chi connectivity index (χ3n) is 5.59. The summed E-state index contributed by atoms with van der Waals surface area (Å²) in [5.74, 6) is 1.73. The molecule has 1 N–H and O–H groups in total. The molecule has 3 heteroatoms. The van der Waals surface area contributed by atoms with Crippen LogP contribution >= 0.6 is 15.9 Å². The zero-order chi connectivity index (χ0) is 13.5. The lowest BCUT2D eigenvalue weighted by Crippen LogP contribution is -2.59. The molecule has 3 aliphatic heterocycles. The van der Waals surface area contributed by atoms with E-state index in [0.29, 0.717) is 0 Å². The first-order chi connectivity index (χ1) is 9.78. The highest BCUT2D eigenvalue weighted by Crippen LogP contribution is 2.38. The fourth-order valence-corrected chi connectivity index (χ4v) is 4.48. The topological polar surface area (TPSA) is 15.3 Å². The van der Waals surface area contributed by atoms with Crippen LogP contribution in [0, 0.1) is 5.92 Å². The van der Waals surface area contributed by atoms with E-state index in [1.165, 1.54) is 55.4 Å². The lowest BCUT2D eigenvalue weighted by molar-refractivity contribution is 0.0584. The van der Waals surface area contributed by atoms with E-state index in [9.17, 15) is 0 Å². The minimum Gasteiger partial charge on any atom is -0.310 e. The number of hydrogen-bond donors (Lipinski definition) is 1. The van der Waals surface area contributed by atoms with Crippen LogP contribution in [-0.2, 0) is 0 Å². The fourth-order valence-electron chi connectivity index (χ4n) is 4.22. The van der Waals surface area contributed by atoms with E-state index in [1.807, 2.05) is 0 Å². The second-order valence-corrected chi connectivity index (χ2v) is 7.74. The SMILES string of the molecule is Brc1ccc(C2CC(NC3CN4CCC3CC4)C2)cc1. The van der Waals surface area contributed by atoms with Gasteiger partial charge in [-0.3, -0.25) is 0 Å². The summed E-state index contributed by atoms with van der Waals surface area (Å²) >= 11 is 3.51. The van der Waals surface area contributed by atoms with Crippen molar-refractivity contribution in [3.8, 4) is 0 Å². The normalized spacial score (nSPS) is 39.5. The number of piperidine rings is 3. The van der Waals surface area contributed by atoms with Crippen molar-refractivity contribution in [1.29, 1.82) is 0 Å². The first kappa shape index (κ1) is 13.3. The van der Waals surface area contributed by atoms with Crippen molar-refractivity contribution in [1.82, 2.24) is 10.2 Å². The summed E-state index contributed by atoms with van der Waals surface area (Å²) in [4.78, 5) is 2.64. The first-order valence-corrected chi connectivity index (χ1v) is 8.81. The van der Waals surface area contributed by atoms with E-state index in [0.717, 1.165) is 23.9 Å². The molecular formula is C17H23BrN2. The molecule has 20 heavy (non-hydrogen) atoms. The van der Waals surface area contributed by atoms with Gasteiger partial charge in [0.15, 0.2) is 0 Å². The van der Waals surface area contributed by atoms with Gasteiger partial charge in [-0.25, -0.2) is 0 Å². The Morgan fingerprint density at radius 1 is 1.05 bits per heavy atom. The average Bonchev–Trinajstić information content (AvgIpc) is 2.45. The van der Waals surface area contributed by atoms with Gasteiger partial charge in [0.05, 0.1) is 0 Å². The molecule has 5 rings (SSSR count). The highest BCUT2D eigenvalue weighted by atomic mass is 79.9.